The van der Waals surface area contributed by atoms with E-state index < -0.39 is 0 Å². The van der Waals surface area contributed by atoms with Crippen molar-refractivity contribution in [3.05, 3.63) is 28.5 Å². The van der Waals surface area contributed by atoms with Gasteiger partial charge in [-0.2, -0.15) is 0 Å². The summed E-state index contributed by atoms with van der Waals surface area (Å²) in [6.07, 6.45) is 6.94. The van der Waals surface area contributed by atoms with Crippen molar-refractivity contribution in [2.24, 2.45) is 11.8 Å². The summed E-state index contributed by atoms with van der Waals surface area (Å²) in [5.74, 6) is 6.33. The second kappa shape index (κ2) is 6.44. The number of nitrogens with zero attached hydrogens (tertiary/aromatic N) is 1. The molecule has 1 fully saturated rings. The predicted octanol–water partition coefficient (Wildman–Crippen LogP) is 2.17. The van der Waals surface area contributed by atoms with Gasteiger partial charge in [-0.15, -0.1) is 0 Å². The average molecular weight is 300 g/mol. The normalized spacial score (nSPS) is 19.2. The lowest BCUT2D eigenvalue weighted by atomic mass is 9.90. The molecule has 3 N–H and O–H groups in total. The number of pyridine rings is 1. The Morgan fingerprint density at radius 2 is 2.24 bits per heavy atom. The molecular weight excluding hydrogens is 282 g/mol. The van der Waals surface area contributed by atoms with E-state index in [4.69, 9.17) is 10.6 Å². The molecule has 1 aliphatic heterocycles. The van der Waals surface area contributed by atoms with Gasteiger partial charge in [-0.3, -0.25) is 16.3 Å². The van der Waals surface area contributed by atoms with E-state index in [1.165, 1.54) is 0 Å². The summed E-state index contributed by atoms with van der Waals surface area (Å²) in [5, 5.41) is 0. The van der Waals surface area contributed by atoms with E-state index in [2.05, 4.69) is 32.4 Å². The van der Waals surface area contributed by atoms with Crippen LogP contribution < -0.4 is 11.3 Å². The van der Waals surface area contributed by atoms with Crippen molar-refractivity contribution in [1.82, 2.24) is 10.4 Å². The molecule has 0 aliphatic carbocycles. The predicted molar refractivity (Wildman–Crippen MR) is 70.2 cm³/mol. The summed E-state index contributed by atoms with van der Waals surface area (Å²) in [4.78, 5) is 4.18. The molecule has 1 atom stereocenters. The molecule has 1 unspecified atom stereocenters. The van der Waals surface area contributed by atoms with E-state index >= 15 is 0 Å². The Hall–Kier alpha value is -0.490. The number of halogens is 1. The molecule has 4 nitrogen and oxygen atoms in total. The van der Waals surface area contributed by atoms with E-state index in [9.17, 15) is 0 Å². The molecule has 2 rings (SSSR count). The highest BCUT2D eigenvalue weighted by Crippen LogP contribution is 2.27. The molecule has 0 radical (unpaired) electrons. The summed E-state index contributed by atoms with van der Waals surface area (Å²) in [5.41, 5.74) is 4.02. The van der Waals surface area contributed by atoms with Gasteiger partial charge >= 0.3 is 0 Å². The average Bonchev–Trinajstić information content (AvgIpc) is 2.37. The molecule has 1 aliphatic rings. The Morgan fingerprint density at radius 3 is 2.88 bits per heavy atom. The van der Waals surface area contributed by atoms with Gasteiger partial charge < -0.3 is 4.74 Å². The van der Waals surface area contributed by atoms with Crippen molar-refractivity contribution in [2.45, 2.75) is 25.3 Å². The number of nitrogens with one attached hydrogen (secondary N) is 1. The lowest BCUT2D eigenvalue weighted by Crippen LogP contribution is -2.31. The summed E-state index contributed by atoms with van der Waals surface area (Å²) in [6, 6.07) is 2.24. The molecule has 1 aromatic heterocycles. The standard InChI is InChI=1S/C12H18BrN3O/c13-11-6-10(7-15-8-11)12(16-14)5-9-1-3-17-4-2-9/h6-9,12,16H,1-5,14H2. The Bertz CT molecular complexity index is 355. The van der Waals surface area contributed by atoms with Crippen molar-refractivity contribution in [3.63, 3.8) is 0 Å². The van der Waals surface area contributed by atoms with Gasteiger partial charge in [-0.05, 0) is 52.7 Å². The molecule has 94 valence electrons. The Kier molecular flexibility index (Phi) is 4.91. The molecule has 2 heterocycles. The number of hydrazine groups is 1. The van der Waals surface area contributed by atoms with Crippen LogP contribution in [-0.2, 0) is 4.74 Å². The van der Waals surface area contributed by atoms with Crippen molar-refractivity contribution in [3.8, 4) is 0 Å². The molecule has 5 heteroatoms. The van der Waals surface area contributed by atoms with E-state index in [-0.39, 0.29) is 6.04 Å². The third kappa shape index (κ3) is 3.74. The van der Waals surface area contributed by atoms with E-state index in [1.54, 1.807) is 6.20 Å². The minimum atomic E-state index is 0.170. The van der Waals surface area contributed by atoms with Crippen LogP contribution in [0.25, 0.3) is 0 Å². The zero-order valence-electron chi connectivity index (χ0n) is 9.73. The topological polar surface area (TPSA) is 60.2 Å². The fourth-order valence-electron chi connectivity index (χ4n) is 2.23. The monoisotopic (exact) mass is 299 g/mol. The number of rotatable bonds is 4. The van der Waals surface area contributed by atoms with Crippen LogP contribution in [0, 0.1) is 5.92 Å². The third-order valence-corrected chi connectivity index (χ3v) is 3.67. The molecule has 0 spiro atoms. The highest BCUT2D eigenvalue weighted by Gasteiger charge is 2.20. The highest BCUT2D eigenvalue weighted by molar-refractivity contribution is 9.10. The lowest BCUT2D eigenvalue weighted by Gasteiger charge is -2.26. The zero-order valence-corrected chi connectivity index (χ0v) is 11.3. The smallest absolute Gasteiger partial charge is 0.0478 e. The summed E-state index contributed by atoms with van der Waals surface area (Å²) in [7, 11) is 0. The van der Waals surface area contributed by atoms with Crippen molar-refractivity contribution < 1.29 is 4.74 Å². The van der Waals surface area contributed by atoms with Crippen LogP contribution in [0.5, 0.6) is 0 Å². The van der Waals surface area contributed by atoms with Crippen molar-refractivity contribution in [2.75, 3.05) is 13.2 Å². The summed E-state index contributed by atoms with van der Waals surface area (Å²) >= 11 is 3.43. The van der Waals surface area contributed by atoms with Crippen LogP contribution in [-0.4, -0.2) is 18.2 Å². The minimum Gasteiger partial charge on any atom is -0.381 e. The molecule has 0 saturated carbocycles. The molecular formula is C12H18BrN3O. The second-order valence-electron chi connectivity index (χ2n) is 4.45. The fraction of sp³-hybridized carbons (Fsp3) is 0.583. The van der Waals surface area contributed by atoms with Crippen LogP contribution in [0.15, 0.2) is 22.9 Å². The fourth-order valence-corrected chi connectivity index (χ4v) is 2.62. The highest BCUT2D eigenvalue weighted by atomic mass is 79.9. The quantitative estimate of drug-likeness (QED) is 0.661. The van der Waals surface area contributed by atoms with Gasteiger partial charge in [0.15, 0.2) is 0 Å². The zero-order chi connectivity index (χ0) is 12.1. The number of hydrogen-bond donors (Lipinski definition) is 2. The van der Waals surface area contributed by atoms with E-state index in [0.29, 0.717) is 5.92 Å². The van der Waals surface area contributed by atoms with Gasteiger partial charge in [0.05, 0.1) is 0 Å². The van der Waals surface area contributed by atoms with Crippen molar-refractivity contribution in [1.29, 1.82) is 0 Å². The Balaban J connectivity index is 2.00. The lowest BCUT2D eigenvalue weighted by molar-refractivity contribution is 0.0605. The first-order chi connectivity index (χ1) is 8.29. The molecule has 0 amide bonds. The number of hydrogen-bond acceptors (Lipinski definition) is 4. The van der Waals surface area contributed by atoms with Gasteiger partial charge in [-0.25, -0.2) is 0 Å². The van der Waals surface area contributed by atoms with Gasteiger partial charge in [0.25, 0.3) is 0 Å². The molecule has 0 aromatic carbocycles. The largest absolute Gasteiger partial charge is 0.381 e. The first-order valence-electron chi connectivity index (χ1n) is 5.94. The van der Waals surface area contributed by atoms with Crippen LogP contribution >= 0.6 is 15.9 Å². The summed E-state index contributed by atoms with van der Waals surface area (Å²) in [6.45, 7) is 1.75. The minimum absolute atomic E-state index is 0.170. The molecule has 0 bridgehead atoms. The first-order valence-corrected chi connectivity index (χ1v) is 6.73. The van der Waals surface area contributed by atoms with Gasteiger partial charge in [-0.1, -0.05) is 0 Å². The third-order valence-electron chi connectivity index (χ3n) is 3.24. The van der Waals surface area contributed by atoms with Crippen LogP contribution in [0.1, 0.15) is 30.9 Å². The number of nitrogens with two attached hydrogens (primary N) is 1. The maximum atomic E-state index is 5.65. The van der Waals surface area contributed by atoms with E-state index in [0.717, 1.165) is 42.5 Å². The Labute approximate surface area is 110 Å². The first kappa shape index (κ1) is 13.0. The van der Waals surface area contributed by atoms with Crippen molar-refractivity contribution >= 4 is 15.9 Å². The summed E-state index contributed by atoms with van der Waals surface area (Å²) < 4.78 is 6.36. The van der Waals surface area contributed by atoms with Gasteiger partial charge in [0.1, 0.15) is 0 Å². The maximum absolute atomic E-state index is 5.65. The molecule has 17 heavy (non-hydrogen) atoms. The molecule has 1 saturated heterocycles. The molecule has 1 aromatic rings. The van der Waals surface area contributed by atoms with Crippen LogP contribution in [0.3, 0.4) is 0 Å². The Morgan fingerprint density at radius 1 is 1.47 bits per heavy atom. The van der Waals surface area contributed by atoms with Crippen LogP contribution in [0.2, 0.25) is 0 Å². The number of ether oxygens (including phenoxy) is 1. The van der Waals surface area contributed by atoms with Crippen LogP contribution in [0.4, 0.5) is 0 Å². The van der Waals surface area contributed by atoms with Gasteiger partial charge in [0, 0.05) is 36.1 Å². The number of aromatic nitrogens is 1. The maximum Gasteiger partial charge on any atom is 0.0478 e. The second-order valence-corrected chi connectivity index (χ2v) is 5.36. The SMILES string of the molecule is NNC(CC1CCOCC1)c1cncc(Br)c1. The van der Waals surface area contributed by atoms with Gasteiger partial charge in [0.2, 0.25) is 0 Å². The van der Waals surface area contributed by atoms with E-state index in [1.807, 2.05) is 6.20 Å².